The lowest BCUT2D eigenvalue weighted by molar-refractivity contribution is 0.0963. The summed E-state index contributed by atoms with van der Waals surface area (Å²) >= 11 is 0. The van der Waals surface area contributed by atoms with Gasteiger partial charge in [0, 0.05) is 43.5 Å². The molecule has 128 valence electrons. The molecule has 2 aromatic heterocycles. The maximum atomic E-state index is 12.1. The van der Waals surface area contributed by atoms with E-state index in [-0.39, 0.29) is 5.91 Å². The molecule has 5 nitrogen and oxygen atoms in total. The van der Waals surface area contributed by atoms with Crippen LogP contribution in [0.15, 0.2) is 48.7 Å². The molecule has 0 unspecified atom stereocenters. The van der Waals surface area contributed by atoms with Crippen molar-refractivity contribution in [1.82, 2.24) is 15.3 Å². The van der Waals surface area contributed by atoms with Crippen LogP contribution in [-0.4, -0.2) is 36.0 Å². The van der Waals surface area contributed by atoms with Gasteiger partial charge in [0.15, 0.2) is 0 Å². The summed E-state index contributed by atoms with van der Waals surface area (Å²) in [6.07, 6.45) is 3.86. The molecule has 0 bridgehead atoms. The van der Waals surface area contributed by atoms with Crippen LogP contribution in [0.5, 0.6) is 0 Å². The van der Waals surface area contributed by atoms with Gasteiger partial charge in [0.1, 0.15) is 5.82 Å². The van der Waals surface area contributed by atoms with Gasteiger partial charge in [0.2, 0.25) is 0 Å². The van der Waals surface area contributed by atoms with E-state index in [2.05, 4.69) is 50.5 Å². The third-order valence-electron chi connectivity index (χ3n) is 5.04. The van der Waals surface area contributed by atoms with E-state index in [9.17, 15) is 4.79 Å². The number of carbonyl (C=O) groups is 1. The number of benzene rings is 1. The molecular weight excluding hydrogens is 312 g/mol. The van der Waals surface area contributed by atoms with Crippen LogP contribution in [-0.2, 0) is 0 Å². The number of amides is 1. The van der Waals surface area contributed by atoms with Crippen molar-refractivity contribution in [2.45, 2.75) is 18.8 Å². The van der Waals surface area contributed by atoms with E-state index >= 15 is 0 Å². The molecule has 2 N–H and O–H groups in total. The van der Waals surface area contributed by atoms with Gasteiger partial charge < -0.3 is 15.2 Å². The highest BCUT2D eigenvalue weighted by molar-refractivity contribution is 5.98. The highest BCUT2D eigenvalue weighted by atomic mass is 16.1. The van der Waals surface area contributed by atoms with Crippen LogP contribution in [0.4, 0.5) is 5.82 Å². The van der Waals surface area contributed by atoms with E-state index < -0.39 is 0 Å². The molecular formula is C20H22N4O. The normalized spacial score (nSPS) is 15.5. The first-order valence-electron chi connectivity index (χ1n) is 8.76. The van der Waals surface area contributed by atoms with Gasteiger partial charge in [0.05, 0.1) is 5.56 Å². The molecule has 0 radical (unpaired) electrons. The SMILES string of the molecule is CNC(=O)c1cccnc1N1CCC(c2cc3ccccc3[nH]2)CC1. The van der Waals surface area contributed by atoms with Gasteiger partial charge in [-0.25, -0.2) is 4.98 Å². The first kappa shape index (κ1) is 15.7. The minimum Gasteiger partial charge on any atom is -0.358 e. The number of nitrogens with zero attached hydrogens (tertiary/aromatic N) is 2. The van der Waals surface area contributed by atoms with E-state index in [1.807, 2.05) is 12.1 Å². The molecule has 1 amide bonds. The number of H-pyrrole nitrogens is 1. The van der Waals surface area contributed by atoms with E-state index in [0.717, 1.165) is 31.7 Å². The number of rotatable bonds is 3. The standard InChI is InChI=1S/C20H22N4O/c1-21-20(25)16-6-4-10-22-19(16)24-11-8-14(9-12-24)18-13-15-5-2-3-7-17(15)23-18/h2-7,10,13-14,23H,8-9,11-12H2,1H3,(H,21,25). The van der Waals surface area contributed by atoms with Crippen LogP contribution < -0.4 is 10.2 Å². The van der Waals surface area contributed by atoms with Gasteiger partial charge in [-0.3, -0.25) is 4.79 Å². The topological polar surface area (TPSA) is 61.0 Å². The quantitative estimate of drug-likeness (QED) is 0.772. The molecule has 1 fully saturated rings. The zero-order chi connectivity index (χ0) is 17.2. The maximum Gasteiger partial charge on any atom is 0.254 e. The second-order valence-electron chi connectivity index (χ2n) is 6.53. The lowest BCUT2D eigenvalue weighted by Crippen LogP contribution is -2.35. The van der Waals surface area contributed by atoms with Crippen LogP contribution >= 0.6 is 0 Å². The van der Waals surface area contributed by atoms with E-state index in [1.54, 1.807) is 13.2 Å². The number of aromatic amines is 1. The molecule has 3 heterocycles. The summed E-state index contributed by atoms with van der Waals surface area (Å²) < 4.78 is 0. The Morgan fingerprint density at radius 3 is 2.76 bits per heavy atom. The number of fused-ring (bicyclic) bond motifs is 1. The Morgan fingerprint density at radius 1 is 1.20 bits per heavy atom. The molecule has 0 saturated carbocycles. The van der Waals surface area contributed by atoms with E-state index in [0.29, 0.717) is 11.5 Å². The minimum absolute atomic E-state index is 0.0826. The number of carbonyl (C=O) groups excluding carboxylic acids is 1. The van der Waals surface area contributed by atoms with Crippen molar-refractivity contribution in [2.24, 2.45) is 0 Å². The summed E-state index contributed by atoms with van der Waals surface area (Å²) in [4.78, 5) is 22.3. The number of para-hydroxylation sites is 1. The summed E-state index contributed by atoms with van der Waals surface area (Å²) in [5.74, 6) is 1.23. The highest BCUT2D eigenvalue weighted by Gasteiger charge is 2.25. The molecule has 0 aliphatic carbocycles. The molecule has 1 aromatic carbocycles. The van der Waals surface area contributed by atoms with Crippen LogP contribution in [0.2, 0.25) is 0 Å². The predicted octanol–water partition coefficient (Wildman–Crippen LogP) is 3.31. The number of pyridine rings is 1. The van der Waals surface area contributed by atoms with Crippen molar-refractivity contribution < 1.29 is 4.79 Å². The zero-order valence-corrected chi connectivity index (χ0v) is 14.3. The summed E-state index contributed by atoms with van der Waals surface area (Å²) in [5.41, 5.74) is 3.16. The fourth-order valence-corrected chi connectivity index (χ4v) is 3.68. The Morgan fingerprint density at radius 2 is 2.00 bits per heavy atom. The molecule has 4 rings (SSSR count). The van der Waals surface area contributed by atoms with Gasteiger partial charge in [-0.1, -0.05) is 18.2 Å². The second kappa shape index (κ2) is 6.59. The molecule has 5 heteroatoms. The molecule has 0 atom stereocenters. The number of nitrogens with one attached hydrogen (secondary N) is 2. The molecule has 3 aromatic rings. The van der Waals surface area contributed by atoms with Crippen molar-refractivity contribution in [3.8, 4) is 0 Å². The Labute approximate surface area is 147 Å². The number of hydrogen-bond donors (Lipinski definition) is 2. The first-order valence-corrected chi connectivity index (χ1v) is 8.76. The lowest BCUT2D eigenvalue weighted by Gasteiger charge is -2.33. The number of aromatic nitrogens is 2. The van der Waals surface area contributed by atoms with Gasteiger partial charge in [-0.05, 0) is 42.5 Å². The fourth-order valence-electron chi connectivity index (χ4n) is 3.68. The van der Waals surface area contributed by atoms with Crippen LogP contribution in [0.25, 0.3) is 10.9 Å². The zero-order valence-electron chi connectivity index (χ0n) is 14.3. The Kier molecular flexibility index (Phi) is 4.14. The predicted molar refractivity (Wildman–Crippen MR) is 100 cm³/mol. The lowest BCUT2D eigenvalue weighted by atomic mass is 9.93. The second-order valence-corrected chi connectivity index (χ2v) is 6.53. The van der Waals surface area contributed by atoms with Crippen molar-refractivity contribution in [1.29, 1.82) is 0 Å². The van der Waals surface area contributed by atoms with Gasteiger partial charge in [-0.15, -0.1) is 0 Å². The third-order valence-corrected chi connectivity index (χ3v) is 5.04. The average Bonchev–Trinajstić information content (AvgIpc) is 3.12. The average molecular weight is 334 g/mol. The summed E-state index contributed by atoms with van der Waals surface area (Å²) in [5, 5.41) is 3.97. The molecule has 0 spiro atoms. The highest BCUT2D eigenvalue weighted by Crippen LogP contribution is 2.32. The minimum atomic E-state index is -0.0826. The van der Waals surface area contributed by atoms with Crippen molar-refractivity contribution in [3.63, 3.8) is 0 Å². The Hall–Kier alpha value is -2.82. The number of hydrogen-bond acceptors (Lipinski definition) is 3. The third kappa shape index (κ3) is 2.97. The molecule has 1 aliphatic heterocycles. The van der Waals surface area contributed by atoms with E-state index in [4.69, 9.17) is 0 Å². The number of anilines is 1. The van der Waals surface area contributed by atoms with Gasteiger partial charge in [-0.2, -0.15) is 0 Å². The van der Waals surface area contributed by atoms with Crippen LogP contribution in [0.3, 0.4) is 0 Å². The van der Waals surface area contributed by atoms with Gasteiger partial charge in [0.25, 0.3) is 5.91 Å². The van der Waals surface area contributed by atoms with Crippen LogP contribution in [0.1, 0.15) is 34.8 Å². The van der Waals surface area contributed by atoms with Crippen molar-refractivity contribution in [3.05, 3.63) is 59.9 Å². The summed E-state index contributed by atoms with van der Waals surface area (Å²) in [6.45, 7) is 1.81. The fraction of sp³-hybridized carbons (Fsp3) is 0.300. The number of piperidine rings is 1. The maximum absolute atomic E-state index is 12.1. The van der Waals surface area contributed by atoms with Gasteiger partial charge >= 0.3 is 0 Å². The van der Waals surface area contributed by atoms with Crippen molar-refractivity contribution in [2.75, 3.05) is 25.0 Å². The van der Waals surface area contributed by atoms with E-state index in [1.165, 1.54) is 16.6 Å². The summed E-state index contributed by atoms with van der Waals surface area (Å²) in [6, 6.07) is 14.3. The molecule has 1 aliphatic rings. The smallest absolute Gasteiger partial charge is 0.254 e. The monoisotopic (exact) mass is 334 g/mol. The van der Waals surface area contributed by atoms with Crippen LogP contribution in [0, 0.1) is 0 Å². The Balaban J connectivity index is 1.51. The molecule has 25 heavy (non-hydrogen) atoms. The van der Waals surface area contributed by atoms with Crippen molar-refractivity contribution >= 4 is 22.6 Å². The summed E-state index contributed by atoms with van der Waals surface area (Å²) in [7, 11) is 1.65. The Bertz CT molecular complexity index is 860. The molecule has 1 saturated heterocycles. The first-order chi connectivity index (χ1) is 12.3. The largest absolute Gasteiger partial charge is 0.358 e.